The minimum absolute atomic E-state index is 0.678. The van der Waals surface area contributed by atoms with Gasteiger partial charge in [-0.3, -0.25) is 0 Å². The Kier molecular flexibility index (Phi) is 2.45. The van der Waals surface area contributed by atoms with Crippen LogP contribution in [0.4, 0.5) is 5.69 Å². The van der Waals surface area contributed by atoms with Crippen LogP contribution >= 0.6 is 8.58 Å². The third-order valence-corrected chi connectivity index (χ3v) is 6.42. The van der Waals surface area contributed by atoms with E-state index in [-0.39, 0.29) is 0 Å². The van der Waals surface area contributed by atoms with Gasteiger partial charge >= 0.3 is 0 Å². The zero-order valence-corrected chi connectivity index (χ0v) is 12.7. The van der Waals surface area contributed by atoms with Gasteiger partial charge in [-0.05, 0) is 68.1 Å². The molecule has 1 aliphatic carbocycles. The smallest absolute Gasteiger partial charge is 0.0814 e. The van der Waals surface area contributed by atoms with Gasteiger partial charge in [-0.1, -0.05) is 20.7 Å². The predicted molar refractivity (Wildman–Crippen MR) is 84.9 cm³/mol. The largest absolute Gasteiger partial charge is 0.333 e. The molecule has 0 spiro atoms. The minimum atomic E-state index is 0.678. The molecule has 0 radical (unpaired) electrons. The lowest BCUT2D eigenvalue weighted by Crippen LogP contribution is -2.32. The molecule has 2 heteroatoms. The number of fused-ring (bicyclic) bond motifs is 5. The zero-order valence-electron chi connectivity index (χ0n) is 11.7. The third kappa shape index (κ3) is 1.51. The summed E-state index contributed by atoms with van der Waals surface area (Å²) in [5, 5.41) is 1.77. The summed E-state index contributed by atoms with van der Waals surface area (Å²) >= 11 is 0. The first-order valence-electron chi connectivity index (χ1n) is 7.25. The summed E-state index contributed by atoms with van der Waals surface area (Å²) in [5.74, 6) is 0.678. The number of hydrogen-bond donors (Lipinski definition) is 0. The van der Waals surface area contributed by atoms with Crippen LogP contribution in [0.5, 0.6) is 0 Å². The number of aryl methyl sites for hydroxylation is 1. The molecule has 0 saturated heterocycles. The summed E-state index contributed by atoms with van der Waals surface area (Å²) in [5.41, 5.74) is 8.64. The molecule has 19 heavy (non-hydrogen) atoms. The average Bonchev–Trinajstić information content (AvgIpc) is 2.71. The van der Waals surface area contributed by atoms with Gasteiger partial charge in [-0.15, -0.1) is 0 Å². The maximum absolute atomic E-state index is 4.12. The van der Waals surface area contributed by atoms with E-state index in [1.54, 1.807) is 16.6 Å². The molecule has 0 amide bonds. The van der Waals surface area contributed by atoms with Gasteiger partial charge in [0.15, 0.2) is 0 Å². The van der Waals surface area contributed by atoms with Crippen molar-refractivity contribution in [3.63, 3.8) is 0 Å². The molecular weight excluding hydrogens is 249 g/mol. The van der Waals surface area contributed by atoms with Gasteiger partial charge < -0.3 is 4.90 Å². The van der Waals surface area contributed by atoms with Gasteiger partial charge in [0.2, 0.25) is 0 Å². The van der Waals surface area contributed by atoms with E-state index >= 15 is 0 Å². The Hall–Kier alpha value is -1.07. The second-order valence-electron chi connectivity index (χ2n) is 6.06. The molecule has 3 aliphatic rings. The number of nitrogens with zero attached hydrogens (tertiary/aromatic N) is 1. The van der Waals surface area contributed by atoms with Crippen molar-refractivity contribution >= 4 is 19.8 Å². The van der Waals surface area contributed by atoms with Crippen molar-refractivity contribution in [2.75, 3.05) is 4.90 Å². The lowest BCUT2D eigenvalue weighted by Gasteiger charge is -2.42. The summed E-state index contributed by atoms with van der Waals surface area (Å²) < 4.78 is 0. The Morgan fingerprint density at radius 3 is 2.89 bits per heavy atom. The molecule has 2 unspecified atom stereocenters. The summed E-state index contributed by atoms with van der Waals surface area (Å²) in [6.07, 6.45) is 5.43. The molecule has 0 bridgehead atoms. The van der Waals surface area contributed by atoms with Crippen LogP contribution in [0.25, 0.3) is 5.57 Å². The second-order valence-corrected chi connectivity index (χ2v) is 7.49. The molecular formula is C17H20NP. The van der Waals surface area contributed by atoms with Crippen LogP contribution in [0.3, 0.4) is 0 Å². The summed E-state index contributed by atoms with van der Waals surface area (Å²) in [6.45, 7) is 8.45. The van der Waals surface area contributed by atoms with Crippen LogP contribution in [0.1, 0.15) is 55.1 Å². The monoisotopic (exact) mass is 269 g/mol. The fourth-order valence-electron chi connectivity index (χ4n) is 3.73. The molecule has 0 fully saturated rings. The molecule has 0 saturated carbocycles. The fourth-order valence-corrected chi connectivity index (χ4v) is 5.60. The second kappa shape index (κ2) is 3.96. The maximum atomic E-state index is 4.12. The van der Waals surface area contributed by atoms with Crippen LogP contribution in [0, 0.1) is 6.92 Å². The normalized spacial score (nSPS) is 24.9. The first-order valence-corrected chi connectivity index (χ1v) is 8.33. The van der Waals surface area contributed by atoms with Crippen LogP contribution < -0.4 is 4.90 Å². The average molecular weight is 269 g/mol. The van der Waals surface area contributed by atoms with E-state index in [1.807, 2.05) is 0 Å². The van der Waals surface area contributed by atoms with Crippen molar-refractivity contribution < 1.29 is 0 Å². The quantitative estimate of drug-likeness (QED) is 0.623. The highest BCUT2D eigenvalue weighted by atomic mass is 31.1. The number of hydrogen-bond acceptors (Lipinski definition) is 1. The Balaban J connectivity index is 1.79. The Labute approximate surface area is 117 Å². The third-order valence-electron chi connectivity index (χ3n) is 4.69. The van der Waals surface area contributed by atoms with Gasteiger partial charge in [-0.25, -0.2) is 0 Å². The van der Waals surface area contributed by atoms with Crippen molar-refractivity contribution in [3.05, 3.63) is 46.4 Å². The molecule has 2 aliphatic heterocycles. The van der Waals surface area contributed by atoms with Crippen LogP contribution in [0.15, 0.2) is 29.7 Å². The number of rotatable bonds is 1. The molecule has 2 atom stereocenters. The zero-order chi connectivity index (χ0) is 13.1. The summed E-state index contributed by atoms with van der Waals surface area (Å²) in [6, 6.07) is 4.78. The van der Waals surface area contributed by atoms with Crippen molar-refractivity contribution in [3.8, 4) is 0 Å². The van der Waals surface area contributed by atoms with Crippen LogP contribution in [-0.2, 0) is 0 Å². The summed E-state index contributed by atoms with van der Waals surface area (Å²) in [7, 11) is 1.01. The topological polar surface area (TPSA) is 3.24 Å². The van der Waals surface area contributed by atoms with Gasteiger partial charge in [0.05, 0.1) is 5.78 Å². The van der Waals surface area contributed by atoms with Gasteiger partial charge in [0, 0.05) is 16.9 Å². The number of benzene rings is 1. The maximum Gasteiger partial charge on any atom is 0.0814 e. The van der Waals surface area contributed by atoms with Crippen LogP contribution in [0.2, 0.25) is 0 Å². The predicted octanol–water partition coefficient (Wildman–Crippen LogP) is 5.32. The molecule has 1 aromatic carbocycles. The molecule has 1 aromatic rings. The van der Waals surface area contributed by atoms with Crippen molar-refractivity contribution in [1.82, 2.24) is 0 Å². The van der Waals surface area contributed by atoms with E-state index in [1.165, 1.54) is 48.1 Å². The highest BCUT2D eigenvalue weighted by Crippen LogP contribution is 2.65. The van der Waals surface area contributed by atoms with E-state index in [4.69, 9.17) is 0 Å². The Morgan fingerprint density at radius 2 is 2.11 bits per heavy atom. The fraction of sp³-hybridized carbons (Fsp3) is 0.412. The van der Waals surface area contributed by atoms with E-state index in [2.05, 4.69) is 37.5 Å². The Bertz CT molecular complexity index is 626. The molecule has 2 heterocycles. The van der Waals surface area contributed by atoms with Gasteiger partial charge in [-0.2, -0.15) is 0 Å². The molecule has 0 aromatic heterocycles. The standard InChI is InChI=1S/C17H20NP/c1-10(2)12-9-13-15(8-11(12)3)18-14-6-4-5-7-16(14)19-17(13)18/h8-9,17,19H,1,4-7H2,2-3H3. The number of allylic oxidation sites excluding steroid dienone is 3. The first kappa shape index (κ1) is 11.7. The minimum Gasteiger partial charge on any atom is -0.333 e. The lowest BCUT2D eigenvalue weighted by molar-refractivity contribution is 0.661. The van der Waals surface area contributed by atoms with E-state index in [0.29, 0.717) is 5.78 Å². The van der Waals surface area contributed by atoms with E-state index in [9.17, 15) is 0 Å². The molecule has 1 nitrogen and oxygen atoms in total. The highest BCUT2D eigenvalue weighted by molar-refractivity contribution is 7.44. The van der Waals surface area contributed by atoms with Crippen molar-refractivity contribution in [2.24, 2.45) is 0 Å². The summed E-state index contributed by atoms with van der Waals surface area (Å²) in [4.78, 5) is 2.64. The van der Waals surface area contributed by atoms with Crippen LogP contribution in [-0.4, -0.2) is 0 Å². The first-order chi connectivity index (χ1) is 9.16. The molecule has 98 valence electrons. The van der Waals surface area contributed by atoms with Crippen molar-refractivity contribution in [2.45, 2.75) is 45.3 Å². The molecule has 4 rings (SSSR count). The lowest BCUT2D eigenvalue weighted by atomic mass is 9.91. The van der Waals surface area contributed by atoms with Gasteiger partial charge in [0.1, 0.15) is 0 Å². The highest BCUT2D eigenvalue weighted by Gasteiger charge is 2.43. The Morgan fingerprint density at radius 1 is 1.32 bits per heavy atom. The van der Waals surface area contributed by atoms with E-state index in [0.717, 1.165) is 8.58 Å². The van der Waals surface area contributed by atoms with E-state index < -0.39 is 0 Å². The number of anilines is 1. The SMILES string of the molecule is C=C(C)c1cc2c(cc1C)N1C3=C(CCCC3)PC21. The molecule has 0 N–H and O–H groups in total. The van der Waals surface area contributed by atoms with Crippen molar-refractivity contribution in [1.29, 1.82) is 0 Å². The van der Waals surface area contributed by atoms with Gasteiger partial charge in [0.25, 0.3) is 0 Å².